The number of carbonyl (C=O) groups excluding carboxylic acids is 2. The number of hydrogen-bond acceptors (Lipinski definition) is 6. The highest BCUT2D eigenvalue weighted by Gasteiger charge is 2.35. The highest BCUT2D eigenvalue weighted by Crippen LogP contribution is 2.34. The Balaban J connectivity index is 1.60. The second kappa shape index (κ2) is 7.14. The number of imide groups is 1. The standard InChI is InChI=1S/C22H19N5O3/c1-30-16-9-7-15(8-10-16)18-13-17(14-5-3-2-4-6-14)23-21-24-22(25-27(18)21)26-19(28)11-12-20(26)29/h2-10,13,18H,11-12H2,1H3,(H,23,24,25)/t18-/m1/s1. The molecule has 1 aromatic heterocycles. The van der Waals surface area contributed by atoms with Gasteiger partial charge in [0.05, 0.1) is 7.11 Å². The van der Waals surface area contributed by atoms with Crippen LogP contribution in [0.1, 0.15) is 30.0 Å². The van der Waals surface area contributed by atoms with Crippen molar-refractivity contribution in [3.63, 3.8) is 0 Å². The predicted molar refractivity (Wildman–Crippen MR) is 111 cm³/mol. The van der Waals surface area contributed by atoms with Gasteiger partial charge in [-0.15, -0.1) is 5.10 Å². The van der Waals surface area contributed by atoms with E-state index >= 15 is 0 Å². The van der Waals surface area contributed by atoms with E-state index in [0.29, 0.717) is 5.95 Å². The fraction of sp³-hybridized carbons (Fsp3) is 0.182. The molecular weight excluding hydrogens is 382 g/mol. The van der Waals surface area contributed by atoms with Crippen molar-refractivity contribution in [3.8, 4) is 5.75 Å². The summed E-state index contributed by atoms with van der Waals surface area (Å²) < 4.78 is 6.96. The number of rotatable bonds is 4. The number of amides is 2. The van der Waals surface area contributed by atoms with E-state index in [1.807, 2.05) is 54.6 Å². The van der Waals surface area contributed by atoms with Gasteiger partial charge in [0.15, 0.2) is 0 Å². The first-order valence-electron chi connectivity index (χ1n) is 9.64. The zero-order valence-electron chi connectivity index (χ0n) is 16.3. The maximum Gasteiger partial charge on any atom is 0.260 e. The average molecular weight is 401 g/mol. The zero-order valence-corrected chi connectivity index (χ0v) is 16.3. The van der Waals surface area contributed by atoms with Crippen molar-refractivity contribution in [3.05, 3.63) is 71.8 Å². The molecule has 0 bridgehead atoms. The normalized spacial score (nSPS) is 18.1. The molecule has 8 nitrogen and oxygen atoms in total. The third-order valence-electron chi connectivity index (χ3n) is 5.25. The van der Waals surface area contributed by atoms with Crippen LogP contribution in [0.15, 0.2) is 60.7 Å². The molecule has 3 aromatic rings. The molecular formula is C22H19N5O3. The Hall–Kier alpha value is -3.94. The lowest BCUT2D eigenvalue weighted by Crippen LogP contribution is -2.29. The number of carbonyl (C=O) groups is 2. The second-order valence-electron chi connectivity index (χ2n) is 7.09. The first-order valence-corrected chi connectivity index (χ1v) is 9.64. The Bertz CT molecular complexity index is 1140. The van der Waals surface area contributed by atoms with Crippen LogP contribution in [0.25, 0.3) is 5.70 Å². The van der Waals surface area contributed by atoms with Crippen molar-refractivity contribution >= 4 is 29.4 Å². The van der Waals surface area contributed by atoms with Gasteiger partial charge in [-0.1, -0.05) is 42.5 Å². The second-order valence-corrected chi connectivity index (χ2v) is 7.09. The van der Waals surface area contributed by atoms with E-state index in [-0.39, 0.29) is 36.6 Å². The van der Waals surface area contributed by atoms with Crippen molar-refractivity contribution in [2.75, 3.05) is 17.3 Å². The minimum atomic E-state index is -0.278. The molecule has 0 unspecified atom stereocenters. The lowest BCUT2D eigenvalue weighted by Gasteiger charge is -2.24. The molecule has 1 saturated heterocycles. The van der Waals surface area contributed by atoms with Gasteiger partial charge in [0.2, 0.25) is 17.8 Å². The Labute approximate surface area is 172 Å². The van der Waals surface area contributed by atoms with E-state index in [9.17, 15) is 9.59 Å². The van der Waals surface area contributed by atoms with Crippen LogP contribution in [-0.4, -0.2) is 33.7 Å². The quantitative estimate of drug-likeness (QED) is 0.676. The van der Waals surface area contributed by atoms with Crippen molar-refractivity contribution < 1.29 is 14.3 Å². The molecule has 0 radical (unpaired) electrons. The molecule has 5 rings (SSSR count). The molecule has 3 heterocycles. The van der Waals surface area contributed by atoms with E-state index in [2.05, 4.69) is 21.5 Å². The number of benzene rings is 2. The summed E-state index contributed by atoms with van der Waals surface area (Å²) >= 11 is 0. The van der Waals surface area contributed by atoms with Gasteiger partial charge in [-0.05, 0) is 29.3 Å². The molecule has 2 aromatic carbocycles. The number of methoxy groups -OCH3 is 1. The van der Waals surface area contributed by atoms with Crippen molar-refractivity contribution in [1.82, 2.24) is 14.8 Å². The average Bonchev–Trinajstić information content (AvgIpc) is 3.35. The summed E-state index contributed by atoms with van der Waals surface area (Å²) in [6.07, 6.45) is 2.42. The molecule has 1 fully saturated rings. The van der Waals surface area contributed by atoms with Gasteiger partial charge in [0.25, 0.3) is 5.95 Å². The summed E-state index contributed by atoms with van der Waals surface area (Å²) in [5.74, 6) is 0.777. The number of anilines is 2. The molecule has 2 aliphatic heterocycles. The van der Waals surface area contributed by atoms with Crippen molar-refractivity contribution in [2.24, 2.45) is 0 Å². The molecule has 2 aliphatic rings. The molecule has 30 heavy (non-hydrogen) atoms. The predicted octanol–water partition coefficient (Wildman–Crippen LogP) is 3.00. The van der Waals surface area contributed by atoms with Crippen LogP contribution in [0.3, 0.4) is 0 Å². The molecule has 1 atom stereocenters. The lowest BCUT2D eigenvalue weighted by molar-refractivity contribution is -0.121. The minimum absolute atomic E-state index is 0.103. The fourth-order valence-corrected chi connectivity index (χ4v) is 3.70. The number of allylic oxidation sites excluding steroid dienone is 1. The molecule has 8 heteroatoms. The van der Waals surface area contributed by atoms with Crippen LogP contribution < -0.4 is 15.0 Å². The Kier molecular flexibility index (Phi) is 4.31. The molecule has 150 valence electrons. The number of nitrogens with one attached hydrogen (secondary N) is 1. The van der Waals surface area contributed by atoms with E-state index in [1.165, 1.54) is 0 Å². The van der Waals surface area contributed by atoms with Gasteiger partial charge in [0.1, 0.15) is 11.8 Å². The van der Waals surface area contributed by atoms with Crippen LogP contribution in [0, 0.1) is 0 Å². The summed E-state index contributed by atoms with van der Waals surface area (Å²) in [7, 11) is 1.62. The topological polar surface area (TPSA) is 89.3 Å². The smallest absolute Gasteiger partial charge is 0.260 e. The first kappa shape index (κ1) is 18.1. The molecule has 0 saturated carbocycles. The summed E-state index contributed by atoms with van der Waals surface area (Å²) in [6, 6.07) is 17.3. The highest BCUT2D eigenvalue weighted by atomic mass is 16.5. The number of ether oxygens (including phenoxy) is 1. The summed E-state index contributed by atoms with van der Waals surface area (Å²) in [4.78, 5) is 29.9. The van der Waals surface area contributed by atoms with Gasteiger partial charge >= 0.3 is 0 Å². The zero-order chi connectivity index (χ0) is 20.7. The third-order valence-corrected chi connectivity index (χ3v) is 5.25. The van der Waals surface area contributed by atoms with E-state index in [4.69, 9.17) is 4.74 Å². The van der Waals surface area contributed by atoms with Gasteiger partial charge < -0.3 is 10.1 Å². The fourth-order valence-electron chi connectivity index (χ4n) is 3.70. The third kappa shape index (κ3) is 3.02. The molecule has 0 spiro atoms. The van der Waals surface area contributed by atoms with Crippen LogP contribution in [0.2, 0.25) is 0 Å². The van der Waals surface area contributed by atoms with E-state index < -0.39 is 0 Å². The Morgan fingerprint density at radius 1 is 1.00 bits per heavy atom. The van der Waals surface area contributed by atoms with Crippen molar-refractivity contribution in [2.45, 2.75) is 18.9 Å². The van der Waals surface area contributed by atoms with E-state index in [0.717, 1.165) is 27.5 Å². The molecule has 0 aliphatic carbocycles. The van der Waals surface area contributed by atoms with Gasteiger partial charge in [-0.25, -0.2) is 9.58 Å². The van der Waals surface area contributed by atoms with E-state index in [1.54, 1.807) is 11.8 Å². The first-order chi connectivity index (χ1) is 14.6. The van der Waals surface area contributed by atoms with Crippen LogP contribution in [0.5, 0.6) is 5.75 Å². The van der Waals surface area contributed by atoms with Crippen molar-refractivity contribution in [1.29, 1.82) is 0 Å². The number of aromatic nitrogens is 3. The number of nitrogens with zero attached hydrogens (tertiary/aromatic N) is 4. The van der Waals surface area contributed by atoms with Crippen LogP contribution in [-0.2, 0) is 9.59 Å². The molecule has 1 N–H and O–H groups in total. The number of fused-ring (bicyclic) bond motifs is 1. The Morgan fingerprint density at radius 3 is 2.37 bits per heavy atom. The van der Waals surface area contributed by atoms with Gasteiger partial charge in [-0.2, -0.15) is 4.98 Å². The van der Waals surface area contributed by atoms with Crippen LogP contribution >= 0.6 is 0 Å². The molecule has 2 amide bonds. The summed E-state index contributed by atoms with van der Waals surface area (Å²) in [5, 5.41) is 7.80. The van der Waals surface area contributed by atoms with Crippen LogP contribution in [0.4, 0.5) is 11.9 Å². The Morgan fingerprint density at radius 2 is 1.70 bits per heavy atom. The maximum absolute atomic E-state index is 12.2. The highest BCUT2D eigenvalue weighted by molar-refractivity contribution is 6.18. The SMILES string of the molecule is COc1ccc([C@H]2C=C(c3ccccc3)Nc3nc(N4C(=O)CCC4=O)nn32)cc1. The monoisotopic (exact) mass is 401 g/mol. The largest absolute Gasteiger partial charge is 0.497 e. The lowest BCUT2D eigenvalue weighted by atomic mass is 10.0. The van der Waals surface area contributed by atoms with Gasteiger partial charge in [-0.3, -0.25) is 9.59 Å². The number of hydrogen-bond donors (Lipinski definition) is 1. The van der Waals surface area contributed by atoms with Gasteiger partial charge in [0, 0.05) is 18.5 Å². The summed E-state index contributed by atoms with van der Waals surface area (Å²) in [5.41, 5.74) is 2.85. The maximum atomic E-state index is 12.2. The summed E-state index contributed by atoms with van der Waals surface area (Å²) in [6.45, 7) is 0. The minimum Gasteiger partial charge on any atom is -0.497 e.